The number of methoxy groups -OCH3 is 1. The van der Waals surface area contributed by atoms with Crippen LogP contribution < -0.4 is 15.6 Å². The van der Waals surface area contributed by atoms with Gasteiger partial charge >= 0.3 is 0 Å². The molecular weight excluding hydrogens is 386 g/mol. The third-order valence-corrected chi connectivity index (χ3v) is 5.46. The first-order valence-corrected chi connectivity index (χ1v) is 10.4. The van der Waals surface area contributed by atoms with Crippen molar-refractivity contribution in [3.05, 3.63) is 58.9 Å². The van der Waals surface area contributed by atoms with Crippen molar-refractivity contribution < 1.29 is 9.53 Å². The second-order valence-corrected chi connectivity index (χ2v) is 8.46. The highest BCUT2D eigenvalue weighted by atomic mass is 32.2. The van der Waals surface area contributed by atoms with Gasteiger partial charge in [0.25, 0.3) is 5.56 Å². The number of ether oxygens (including phenoxy) is 1. The van der Waals surface area contributed by atoms with Gasteiger partial charge in [0.05, 0.1) is 29.0 Å². The van der Waals surface area contributed by atoms with E-state index in [4.69, 9.17) is 4.74 Å². The summed E-state index contributed by atoms with van der Waals surface area (Å²) in [4.78, 5) is 30.4. The van der Waals surface area contributed by atoms with Gasteiger partial charge in [-0.05, 0) is 49.2 Å². The predicted octanol–water partition coefficient (Wildman–Crippen LogP) is 3.65. The largest absolute Gasteiger partial charge is 0.497 e. The highest BCUT2D eigenvalue weighted by molar-refractivity contribution is 8.00. The van der Waals surface area contributed by atoms with Crippen molar-refractivity contribution in [1.29, 1.82) is 0 Å². The van der Waals surface area contributed by atoms with Crippen LogP contribution in [-0.4, -0.2) is 34.4 Å². The lowest BCUT2D eigenvalue weighted by Crippen LogP contribution is -2.34. The quantitative estimate of drug-likeness (QED) is 0.475. The highest BCUT2D eigenvalue weighted by Crippen LogP contribution is 2.26. The van der Waals surface area contributed by atoms with Gasteiger partial charge in [-0.1, -0.05) is 37.7 Å². The number of nitrogens with one attached hydrogen (secondary N) is 1. The zero-order chi connectivity index (χ0) is 21.0. The molecule has 0 radical (unpaired) electrons. The van der Waals surface area contributed by atoms with Crippen LogP contribution in [0.4, 0.5) is 0 Å². The number of carbonyl (C=O) groups excluding carboxylic acids is 1. The Morgan fingerprint density at radius 2 is 1.83 bits per heavy atom. The number of hydrogen-bond acceptors (Lipinski definition) is 5. The van der Waals surface area contributed by atoms with Crippen molar-refractivity contribution in [1.82, 2.24) is 14.9 Å². The number of aromatic nitrogens is 2. The summed E-state index contributed by atoms with van der Waals surface area (Å²) in [6.07, 6.45) is 0. The monoisotopic (exact) mass is 411 g/mol. The Labute approximate surface area is 174 Å². The summed E-state index contributed by atoms with van der Waals surface area (Å²) < 4.78 is 6.77. The van der Waals surface area contributed by atoms with Crippen LogP contribution in [0.2, 0.25) is 0 Å². The number of hydrogen-bond donors (Lipinski definition) is 1. The molecule has 3 rings (SSSR count). The molecule has 29 heavy (non-hydrogen) atoms. The summed E-state index contributed by atoms with van der Waals surface area (Å²) in [7, 11) is 1.59. The fourth-order valence-corrected chi connectivity index (χ4v) is 3.76. The van der Waals surface area contributed by atoms with Crippen molar-refractivity contribution in [3.8, 4) is 11.4 Å². The van der Waals surface area contributed by atoms with Crippen LogP contribution in [0.1, 0.15) is 20.8 Å². The molecule has 0 bridgehead atoms. The first kappa shape index (κ1) is 20.9. The lowest BCUT2D eigenvalue weighted by molar-refractivity contribution is -0.120. The van der Waals surface area contributed by atoms with E-state index < -0.39 is 5.25 Å². The van der Waals surface area contributed by atoms with Gasteiger partial charge in [0.15, 0.2) is 5.16 Å². The molecule has 0 aliphatic carbocycles. The summed E-state index contributed by atoms with van der Waals surface area (Å²) >= 11 is 1.27. The van der Waals surface area contributed by atoms with Crippen molar-refractivity contribution in [2.75, 3.05) is 13.7 Å². The van der Waals surface area contributed by atoms with E-state index in [-0.39, 0.29) is 11.5 Å². The van der Waals surface area contributed by atoms with Crippen molar-refractivity contribution in [2.24, 2.45) is 5.92 Å². The highest BCUT2D eigenvalue weighted by Gasteiger charge is 2.20. The van der Waals surface area contributed by atoms with Gasteiger partial charge in [0.2, 0.25) is 5.91 Å². The Morgan fingerprint density at radius 1 is 1.14 bits per heavy atom. The minimum atomic E-state index is -0.397. The smallest absolute Gasteiger partial charge is 0.266 e. The molecule has 0 spiro atoms. The zero-order valence-electron chi connectivity index (χ0n) is 17.0. The summed E-state index contributed by atoms with van der Waals surface area (Å²) in [6, 6.07) is 14.4. The predicted molar refractivity (Wildman–Crippen MR) is 117 cm³/mol. The first-order chi connectivity index (χ1) is 13.9. The maximum absolute atomic E-state index is 13.2. The normalized spacial score (nSPS) is 12.2. The second kappa shape index (κ2) is 9.13. The number of fused-ring (bicyclic) bond motifs is 1. The number of rotatable bonds is 7. The Balaban J connectivity index is 2.04. The van der Waals surface area contributed by atoms with E-state index in [1.54, 1.807) is 29.9 Å². The minimum Gasteiger partial charge on any atom is -0.497 e. The topological polar surface area (TPSA) is 73.2 Å². The number of thioether (sulfide) groups is 1. The van der Waals surface area contributed by atoms with Crippen molar-refractivity contribution >= 4 is 28.6 Å². The third kappa shape index (κ3) is 4.79. The van der Waals surface area contributed by atoms with E-state index in [9.17, 15) is 9.59 Å². The van der Waals surface area contributed by atoms with Gasteiger partial charge in [0, 0.05) is 6.54 Å². The van der Waals surface area contributed by atoms with E-state index in [1.165, 1.54) is 11.8 Å². The van der Waals surface area contributed by atoms with Gasteiger partial charge < -0.3 is 10.1 Å². The van der Waals surface area contributed by atoms with Crippen LogP contribution in [0.3, 0.4) is 0 Å². The molecule has 1 N–H and O–H groups in total. The number of benzene rings is 2. The van der Waals surface area contributed by atoms with Gasteiger partial charge in [-0.3, -0.25) is 14.2 Å². The van der Waals surface area contributed by atoms with Crippen molar-refractivity contribution in [2.45, 2.75) is 31.2 Å². The molecule has 3 aromatic rings. The number of amides is 1. The standard InChI is InChI=1S/C22H25N3O3S/c1-14(2)13-23-20(26)15(3)29-22-24-19-8-6-5-7-18(19)21(27)25(22)16-9-11-17(28-4)12-10-16/h5-12,14-15H,13H2,1-4H3,(H,23,26). The zero-order valence-corrected chi connectivity index (χ0v) is 17.8. The molecule has 1 atom stereocenters. The summed E-state index contributed by atoms with van der Waals surface area (Å²) in [6.45, 7) is 6.52. The molecule has 0 saturated heterocycles. The van der Waals surface area contributed by atoms with E-state index in [2.05, 4.69) is 10.3 Å². The molecule has 6 nitrogen and oxygen atoms in total. The molecule has 0 saturated carbocycles. The van der Waals surface area contributed by atoms with E-state index in [0.29, 0.717) is 40.0 Å². The number of para-hydroxylation sites is 1. The summed E-state index contributed by atoms with van der Waals surface area (Å²) in [5.74, 6) is 0.992. The Morgan fingerprint density at radius 3 is 2.48 bits per heavy atom. The molecule has 1 amide bonds. The second-order valence-electron chi connectivity index (χ2n) is 7.15. The average molecular weight is 412 g/mol. The summed E-state index contributed by atoms with van der Waals surface area (Å²) in [5.41, 5.74) is 1.11. The molecule has 2 aromatic carbocycles. The minimum absolute atomic E-state index is 0.0765. The van der Waals surface area contributed by atoms with E-state index >= 15 is 0 Å². The molecule has 0 fully saturated rings. The Bertz CT molecular complexity index is 1060. The van der Waals surface area contributed by atoms with Gasteiger partial charge in [-0.15, -0.1) is 0 Å². The molecule has 1 unspecified atom stereocenters. The van der Waals surface area contributed by atoms with Gasteiger partial charge in [-0.25, -0.2) is 4.98 Å². The molecule has 0 aliphatic heterocycles. The molecule has 1 heterocycles. The van der Waals surface area contributed by atoms with E-state index in [1.807, 2.05) is 51.1 Å². The number of nitrogens with zero attached hydrogens (tertiary/aromatic N) is 2. The van der Waals surface area contributed by atoms with Crippen LogP contribution in [-0.2, 0) is 4.79 Å². The average Bonchev–Trinajstić information content (AvgIpc) is 2.72. The lowest BCUT2D eigenvalue weighted by atomic mass is 10.2. The fourth-order valence-electron chi connectivity index (χ4n) is 2.81. The molecule has 152 valence electrons. The molecule has 0 aliphatic rings. The maximum atomic E-state index is 13.2. The summed E-state index contributed by atoms with van der Waals surface area (Å²) in [5, 5.41) is 3.55. The van der Waals surface area contributed by atoms with E-state index in [0.717, 1.165) is 0 Å². The Hall–Kier alpha value is -2.80. The van der Waals surface area contributed by atoms with Gasteiger partial charge in [0.1, 0.15) is 5.75 Å². The Kier molecular flexibility index (Phi) is 6.59. The SMILES string of the molecule is COc1ccc(-n2c(SC(C)C(=O)NCC(C)C)nc3ccccc3c2=O)cc1. The van der Waals surface area contributed by atoms with Crippen molar-refractivity contribution in [3.63, 3.8) is 0 Å². The van der Waals surface area contributed by atoms with Crippen LogP contribution in [0, 0.1) is 5.92 Å². The van der Waals surface area contributed by atoms with Crippen LogP contribution in [0.25, 0.3) is 16.6 Å². The lowest BCUT2D eigenvalue weighted by Gasteiger charge is -2.17. The number of carbonyl (C=O) groups is 1. The van der Waals surface area contributed by atoms with Gasteiger partial charge in [-0.2, -0.15) is 0 Å². The van der Waals surface area contributed by atoms with Crippen LogP contribution in [0.5, 0.6) is 5.75 Å². The van der Waals surface area contributed by atoms with Crippen LogP contribution >= 0.6 is 11.8 Å². The van der Waals surface area contributed by atoms with Crippen LogP contribution in [0.15, 0.2) is 58.5 Å². The molecular formula is C22H25N3O3S. The first-order valence-electron chi connectivity index (χ1n) is 9.51. The fraction of sp³-hybridized carbons (Fsp3) is 0.318. The maximum Gasteiger partial charge on any atom is 0.266 e. The molecule has 7 heteroatoms. The molecule has 1 aromatic heterocycles. The third-order valence-electron chi connectivity index (χ3n) is 4.41.